The van der Waals surface area contributed by atoms with E-state index < -0.39 is 6.61 Å². The van der Waals surface area contributed by atoms with E-state index in [1.807, 2.05) is 26.8 Å². The van der Waals surface area contributed by atoms with Gasteiger partial charge in [0.2, 0.25) is 0 Å². The highest BCUT2D eigenvalue weighted by Crippen LogP contribution is 2.28. The Hall–Kier alpha value is -1.88. The molecule has 21 heavy (non-hydrogen) atoms. The van der Waals surface area contributed by atoms with Crippen molar-refractivity contribution in [3.63, 3.8) is 0 Å². The van der Waals surface area contributed by atoms with Crippen molar-refractivity contribution < 1.29 is 17.9 Å². The normalized spacial score (nSPS) is 12.7. The van der Waals surface area contributed by atoms with E-state index in [4.69, 9.17) is 4.42 Å². The third-order valence-corrected chi connectivity index (χ3v) is 3.24. The van der Waals surface area contributed by atoms with Gasteiger partial charge in [0.25, 0.3) is 0 Å². The molecular weight excluding hydrogens is 276 g/mol. The van der Waals surface area contributed by atoms with Gasteiger partial charge in [-0.25, -0.2) is 0 Å². The van der Waals surface area contributed by atoms with Crippen LogP contribution >= 0.6 is 0 Å². The molecule has 114 valence electrons. The minimum absolute atomic E-state index is 0.0342. The van der Waals surface area contributed by atoms with Crippen LogP contribution in [0.4, 0.5) is 8.78 Å². The summed E-state index contributed by atoms with van der Waals surface area (Å²) in [5.74, 6) is 1.86. The number of furan rings is 1. The molecule has 2 rings (SSSR count). The molecule has 0 aliphatic carbocycles. The average Bonchev–Trinajstić information content (AvgIpc) is 2.75. The molecule has 2 aromatic rings. The molecule has 1 aromatic heterocycles. The van der Waals surface area contributed by atoms with Gasteiger partial charge in [-0.05, 0) is 44.2 Å². The van der Waals surface area contributed by atoms with Crippen molar-refractivity contribution in [3.05, 3.63) is 53.0 Å². The lowest BCUT2D eigenvalue weighted by atomic mass is 9.99. The van der Waals surface area contributed by atoms with Gasteiger partial charge in [-0.15, -0.1) is 0 Å². The Morgan fingerprint density at radius 2 is 1.86 bits per heavy atom. The predicted octanol–water partition coefficient (Wildman–Crippen LogP) is 4.20. The second-order valence-electron chi connectivity index (χ2n) is 4.81. The average molecular weight is 295 g/mol. The summed E-state index contributed by atoms with van der Waals surface area (Å²) in [6.07, 6.45) is 0. The SMILES string of the molecule is CCNC(c1ccc(OC(F)F)cc1)c1cc(C)oc1C. The van der Waals surface area contributed by atoms with Gasteiger partial charge in [-0.2, -0.15) is 8.78 Å². The Bertz CT molecular complexity index is 578. The fourth-order valence-corrected chi connectivity index (χ4v) is 2.39. The van der Waals surface area contributed by atoms with Crippen molar-refractivity contribution in [1.29, 1.82) is 0 Å². The molecule has 0 bridgehead atoms. The number of rotatable bonds is 6. The van der Waals surface area contributed by atoms with Gasteiger partial charge < -0.3 is 14.5 Å². The molecule has 0 amide bonds. The maximum atomic E-state index is 12.2. The third-order valence-electron chi connectivity index (χ3n) is 3.24. The smallest absolute Gasteiger partial charge is 0.387 e. The van der Waals surface area contributed by atoms with Crippen molar-refractivity contribution in [2.45, 2.75) is 33.4 Å². The monoisotopic (exact) mass is 295 g/mol. The van der Waals surface area contributed by atoms with Gasteiger partial charge in [0, 0.05) is 5.56 Å². The standard InChI is InChI=1S/C16H19F2NO2/c1-4-19-15(14-9-10(2)20-11(14)3)12-5-7-13(8-6-12)21-16(17)18/h5-9,15-16,19H,4H2,1-3H3. The predicted molar refractivity (Wildman–Crippen MR) is 76.8 cm³/mol. The molecule has 0 aliphatic rings. The minimum Gasteiger partial charge on any atom is -0.466 e. The lowest BCUT2D eigenvalue weighted by molar-refractivity contribution is -0.0498. The largest absolute Gasteiger partial charge is 0.466 e. The van der Waals surface area contributed by atoms with Crippen molar-refractivity contribution in [1.82, 2.24) is 5.32 Å². The highest BCUT2D eigenvalue weighted by atomic mass is 19.3. The summed E-state index contributed by atoms with van der Waals surface area (Å²) in [7, 11) is 0. The number of nitrogens with one attached hydrogen (secondary N) is 1. The van der Waals surface area contributed by atoms with Gasteiger partial charge in [-0.3, -0.25) is 0 Å². The van der Waals surface area contributed by atoms with E-state index in [-0.39, 0.29) is 11.8 Å². The molecule has 3 nitrogen and oxygen atoms in total. The van der Waals surface area contributed by atoms with Gasteiger partial charge in [0.05, 0.1) is 6.04 Å². The topological polar surface area (TPSA) is 34.4 Å². The summed E-state index contributed by atoms with van der Waals surface area (Å²) in [4.78, 5) is 0. The second kappa shape index (κ2) is 6.72. The molecule has 1 N–H and O–H groups in total. The maximum Gasteiger partial charge on any atom is 0.387 e. The zero-order valence-corrected chi connectivity index (χ0v) is 12.3. The molecule has 5 heteroatoms. The van der Waals surface area contributed by atoms with Gasteiger partial charge in [-0.1, -0.05) is 19.1 Å². The number of hydrogen-bond donors (Lipinski definition) is 1. The van der Waals surface area contributed by atoms with E-state index in [1.54, 1.807) is 24.3 Å². The van der Waals surface area contributed by atoms with E-state index in [0.717, 1.165) is 29.2 Å². The maximum absolute atomic E-state index is 12.2. The fraction of sp³-hybridized carbons (Fsp3) is 0.375. The van der Waals surface area contributed by atoms with E-state index in [1.165, 1.54) is 0 Å². The molecule has 0 saturated heterocycles. The van der Waals surface area contributed by atoms with E-state index >= 15 is 0 Å². The lowest BCUT2D eigenvalue weighted by Gasteiger charge is -2.18. The molecular formula is C16H19F2NO2. The summed E-state index contributed by atoms with van der Waals surface area (Å²) in [6, 6.07) is 8.63. The van der Waals surface area contributed by atoms with Crippen LogP contribution in [0, 0.1) is 13.8 Å². The van der Waals surface area contributed by atoms with Crippen LogP contribution in [-0.2, 0) is 0 Å². The number of aryl methyl sites for hydroxylation is 2. The molecule has 0 radical (unpaired) electrons. The second-order valence-corrected chi connectivity index (χ2v) is 4.81. The van der Waals surface area contributed by atoms with Crippen LogP contribution in [0.2, 0.25) is 0 Å². The first-order chi connectivity index (χ1) is 10.0. The molecule has 1 heterocycles. The zero-order valence-electron chi connectivity index (χ0n) is 12.3. The molecule has 0 saturated carbocycles. The van der Waals surface area contributed by atoms with Gasteiger partial charge >= 0.3 is 6.61 Å². The molecule has 1 atom stereocenters. The van der Waals surface area contributed by atoms with Gasteiger partial charge in [0.1, 0.15) is 17.3 Å². The molecule has 1 aromatic carbocycles. The Morgan fingerprint density at radius 3 is 2.33 bits per heavy atom. The first kappa shape index (κ1) is 15.5. The molecule has 0 fully saturated rings. The number of halogens is 2. The Balaban J connectivity index is 2.28. The van der Waals surface area contributed by atoms with Gasteiger partial charge in [0.15, 0.2) is 0 Å². The summed E-state index contributed by atoms with van der Waals surface area (Å²) in [5, 5.41) is 3.38. The van der Waals surface area contributed by atoms with Crippen molar-refractivity contribution in [3.8, 4) is 5.75 Å². The highest BCUT2D eigenvalue weighted by molar-refractivity contribution is 5.37. The van der Waals surface area contributed by atoms with Crippen LogP contribution in [0.3, 0.4) is 0 Å². The number of benzene rings is 1. The molecule has 0 aliphatic heterocycles. The summed E-state index contributed by atoms with van der Waals surface area (Å²) in [6.45, 7) is 3.81. The van der Waals surface area contributed by atoms with E-state index in [9.17, 15) is 8.78 Å². The van der Waals surface area contributed by atoms with E-state index in [0.29, 0.717) is 0 Å². The van der Waals surface area contributed by atoms with Crippen molar-refractivity contribution >= 4 is 0 Å². The fourth-order valence-electron chi connectivity index (χ4n) is 2.39. The highest BCUT2D eigenvalue weighted by Gasteiger charge is 2.18. The first-order valence-corrected chi connectivity index (χ1v) is 6.86. The van der Waals surface area contributed by atoms with Crippen molar-refractivity contribution in [2.75, 3.05) is 6.54 Å². The zero-order chi connectivity index (χ0) is 15.4. The number of hydrogen-bond acceptors (Lipinski definition) is 3. The Morgan fingerprint density at radius 1 is 1.19 bits per heavy atom. The first-order valence-electron chi connectivity index (χ1n) is 6.86. The van der Waals surface area contributed by atoms with Crippen molar-refractivity contribution in [2.24, 2.45) is 0 Å². The minimum atomic E-state index is -2.81. The quantitative estimate of drug-likeness (QED) is 0.867. The van der Waals surface area contributed by atoms with Crippen LogP contribution in [0.1, 0.15) is 35.6 Å². The van der Waals surface area contributed by atoms with Crippen LogP contribution in [-0.4, -0.2) is 13.2 Å². The lowest BCUT2D eigenvalue weighted by Crippen LogP contribution is -2.22. The number of alkyl halides is 2. The summed E-state index contributed by atoms with van der Waals surface area (Å²) < 4.78 is 34.3. The summed E-state index contributed by atoms with van der Waals surface area (Å²) >= 11 is 0. The van der Waals surface area contributed by atoms with Crippen LogP contribution in [0.25, 0.3) is 0 Å². The Kier molecular flexibility index (Phi) is 4.96. The van der Waals surface area contributed by atoms with Crippen LogP contribution < -0.4 is 10.1 Å². The molecule has 0 spiro atoms. The van der Waals surface area contributed by atoms with Crippen LogP contribution in [0.5, 0.6) is 5.75 Å². The number of ether oxygens (including phenoxy) is 1. The van der Waals surface area contributed by atoms with E-state index in [2.05, 4.69) is 10.1 Å². The Labute approximate surface area is 122 Å². The summed E-state index contributed by atoms with van der Waals surface area (Å²) in [5.41, 5.74) is 2.03. The van der Waals surface area contributed by atoms with Crippen LogP contribution in [0.15, 0.2) is 34.7 Å². The molecule has 1 unspecified atom stereocenters. The third kappa shape index (κ3) is 3.82.